The molecule has 0 aliphatic carbocycles. The average Bonchev–Trinajstić information content (AvgIpc) is 2.72. The molecule has 0 fully saturated rings. The number of benzene rings is 2. The lowest BCUT2D eigenvalue weighted by Gasteiger charge is -2.26. The minimum absolute atomic E-state index is 0.0220. The molecule has 28 heavy (non-hydrogen) atoms. The maximum absolute atomic E-state index is 13.1. The van der Waals surface area contributed by atoms with E-state index in [4.69, 9.17) is 14.6 Å². The highest BCUT2D eigenvalue weighted by molar-refractivity contribution is 5.99. The van der Waals surface area contributed by atoms with Gasteiger partial charge in [-0.1, -0.05) is 30.3 Å². The van der Waals surface area contributed by atoms with E-state index in [1.807, 2.05) is 54.6 Å². The van der Waals surface area contributed by atoms with Crippen LogP contribution in [0, 0.1) is 0 Å². The summed E-state index contributed by atoms with van der Waals surface area (Å²) < 4.78 is 11.0. The fourth-order valence-electron chi connectivity index (χ4n) is 3.09. The van der Waals surface area contributed by atoms with Gasteiger partial charge in [-0.3, -0.25) is 9.59 Å². The second-order valence-electron chi connectivity index (χ2n) is 6.57. The number of fused-ring (bicyclic) bond motifs is 1. The van der Waals surface area contributed by atoms with E-state index in [-0.39, 0.29) is 18.9 Å². The van der Waals surface area contributed by atoms with Gasteiger partial charge in [-0.15, -0.1) is 0 Å². The van der Waals surface area contributed by atoms with Gasteiger partial charge in [0.05, 0.1) is 12.7 Å². The van der Waals surface area contributed by atoms with E-state index in [1.54, 1.807) is 12.0 Å². The smallest absolute Gasteiger partial charge is 0.303 e. The van der Waals surface area contributed by atoms with Crippen molar-refractivity contribution >= 4 is 18.0 Å². The van der Waals surface area contributed by atoms with Gasteiger partial charge in [0.1, 0.15) is 18.1 Å². The van der Waals surface area contributed by atoms with Crippen molar-refractivity contribution in [1.82, 2.24) is 4.90 Å². The minimum Gasteiger partial charge on any atom is -0.497 e. The van der Waals surface area contributed by atoms with Gasteiger partial charge in [0.25, 0.3) is 5.91 Å². The molecule has 0 saturated heterocycles. The Morgan fingerprint density at radius 1 is 1.18 bits per heavy atom. The first-order chi connectivity index (χ1) is 13.6. The molecule has 0 spiro atoms. The number of methoxy groups -OCH3 is 1. The summed E-state index contributed by atoms with van der Waals surface area (Å²) in [4.78, 5) is 25.7. The van der Waals surface area contributed by atoms with Crippen LogP contribution in [-0.4, -0.2) is 42.1 Å². The number of hydrogen-bond donors (Lipinski definition) is 1. The lowest BCUT2D eigenvalue weighted by atomic mass is 10.1. The quantitative estimate of drug-likeness (QED) is 0.759. The summed E-state index contributed by atoms with van der Waals surface area (Å²) in [5.74, 6) is 0.379. The zero-order valence-corrected chi connectivity index (χ0v) is 15.8. The van der Waals surface area contributed by atoms with Crippen molar-refractivity contribution in [1.29, 1.82) is 0 Å². The molecule has 6 heteroatoms. The van der Waals surface area contributed by atoms with Crippen molar-refractivity contribution in [3.8, 4) is 11.5 Å². The van der Waals surface area contributed by atoms with Crippen LogP contribution in [0.4, 0.5) is 0 Å². The Balaban J connectivity index is 1.80. The minimum atomic E-state index is -0.867. The van der Waals surface area contributed by atoms with Crippen molar-refractivity contribution in [2.75, 3.05) is 20.3 Å². The van der Waals surface area contributed by atoms with E-state index >= 15 is 0 Å². The molecule has 1 aliphatic heterocycles. The van der Waals surface area contributed by atoms with Crippen molar-refractivity contribution in [2.24, 2.45) is 0 Å². The zero-order chi connectivity index (χ0) is 19.9. The lowest BCUT2D eigenvalue weighted by Crippen LogP contribution is -2.35. The Bertz CT molecular complexity index is 876. The molecule has 0 aromatic heterocycles. The Labute approximate surface area is 164 Å². The predicted molar refractivity (Wildman–Crippen MR) is 105 cm³/mol. The van der Waals surface area contributed by atoms with Crippen molar-refractivity contribution < 1.29 is 24.2 Å². The van der Waals surface area contributed by atoms with Crippen LogP contribution < -0.4 is 9.47 Å². The van der Waals surface area contributed by atoms with Crippen molar-refractivity contribution in [2.45, 2.75) is 19.4 Å². The number of hydrogen-bond acceptors (Lipinski definition) is 4. The van der Waals surface area contributed by atoms with Crippen LogP contribution >= 0.6 is 0 Å². The molecule has 0 bridgehead atoms. The molecule has 2 aromatic rings. The van der Waals surface area contributed by atoms with Gasteiger partial charge in [-0.2, -0.15) is 0 Å². The third kappa shape index (κ3) is 4.91. The van der Waals surface area contributed by atoms with Gasteiger partial charge >= 0.3 is 5.97 Å². The average molecular weight is 381 g/mol. The van der Waals surface area contributed by atoms with Gasteiger partial charge in [0.2, 0.25) is 0 Å². The summed E-state index contributed by atoms with van der Waals surface area (Å²) >= 11 is 0. The van der Waals surface area contributed by atoms with Crippen LogP contribution in [-0.2, 0) is 16.1 Å². The third-order valence-electron chi connectivity index (χ3n) is 4.53. The van der Waals surface area contributed by atoms with E-state index < -0.39 is 5.97 Å². The predicted octanol–water partition coefficient (Wildman–Crippen LogP) is 3.36. The fraction of sp³-hybridized carbons (Fsp3) is 0.273. The van der Waals surface area contributed by atoms with Crippen LogP contribution in [0.5, 0.6) is 11.5 Å². The van der Waals surface area contributed by atoms with E-state index in [0.717, 1.165) is 11.1 Å². The Morgan fingerprint density at radius 2 is 1.96 bits per heavy atom. The summed E-state index contributed by atoms with van der Waals surface area (Å²) in [6.07, 6.45) is 2.24. The van der Waals surface area contributed by atoms with E-state index in [9.17, 15) is 9.59 Å². The number of carbonyl (C=O) groups excluding carboxylic acids is 1. The van der Waals surface area contributed by atoms with Gasteiger partial charge in [-0.25, -0.2) is 0 Å². The standard InChI is InChI=1S/C22H23NO5/c1-27-19-9-10-20-17(13-19)12-18(15-28-20)22(26)23(11-5-8-21(24)25)14-16-6-3-2-4-7-16/h2-4,6-7,9-10,12-13H,5,8,11,14-15H2,1H3,(H,24,25). The maximum Gasteiger partial charge on any atom is 0.303 e. The van der Waals surface area contributed by atoms with Gasteiger partial charge in [0.15, 0.2) is 0 Å². The molecular weight excluding hydrogens is 358 g/mol. The number of carboxylic acid groups (broad SMARTS) is 1. The fourth-order valence-corrected chi connectivity index (χ4v) is 3.09. The van der Waals surface area contributed by atoms with Gasteiger partial charge in [-0.05, 0) is 36.3 Å². The summed E-state index contributed by atoms with van der Waals surface area (Å²) in [5.41, 5.74) is 2.32. The van der Waals surface area contributed by atoms with Crippen LogP contribution in [0.1, 0.15) is 24.0 Å². The molecule has 2 aromatic carbocycles. The summed E-state index contributed by atoms with van der Waals surface area (Å²) in [6.45, 7) is 0.965. The molecule has 1 heterocycles. The van der Waals surface area contributed by atoms with Crippen LogP contribution in [0.3, 0.4) is 0 Å². The summed E-state index contributed by atoms with van der Waals surface area (Å²) in [7, 11) is 1.59. The second kappa shape index (κ2) is 9.08. The number of amides is 1. The normalized spacial score (nSPS) is 12.4. The highest BCUT2D eigenvalue weighted by Gasteiger charge is 2.23. The van der Waals surface area contributed by atoms with Crippen LogP contribution in [0.2, 0.25) is 0 Å². The highest BCUT2D eigenvalue weighted by atomic mass is 16.5. The van der Waals surface area contributed by atoms with Gasteiger partial charge in [0, 0.05) is 25.1 Å². The molecule has 0 radical (unpaired) electrons. The van der Waals surface area contributed by atoms with Gasteiger partial charge < -0.3 is 19.5 Å². The Hall–Kier alpha value is -3.28. The van der Waals surface area contributed by atoms with E-state index in [1.165, 1.54) is 0 Å². The lowest BCUT2D eigenvalue weighted by molar-refractivity contribution is -0.137. The second-order valence-corrected chi connectivity index (χ2v) is 6.57. The molecule has 0 unspecified atom stereocenters. The first kappa shape index (κ1) is 19.5. The topological polar surface area (TPSA) is 76.1 Å². The van der Waals surface area contributed by atoms with Crippen LogP contribution in [0.15, 0.2) is 54.1 Å². The van der Waals surface area contributed by atoms with Crippen molar-refractivity contribution in [3.63, 3.8) is 0 Å². The number of aliphatic carboxylic acids is 1. The largest absolute Gasteiger partial charge is 0.497 e. The number of ether oxygens (including phenoxy) is 2. The molecule has 0 saturated carbocycles. The SMILES string of the molecule is COc1ccc2c(c1)C=C(C(=O)N(CCCC(=O)O)Cc1ccccc1)CO2. The number of nitrogens with zero attached hydrogens (tertiary/aromatic N) is 1. The number of carbonyl (C=O) groups is 2. The summed E-state index contributed by atoms with van der Waals surface area (Å²) in [5, 5.41) is 8.92. The van der Waals surface area contributed by atoms with Crippen molar-refractivity contribution in [3.05, 3.63) is 65.2 Å². The molecule has 1 amide bonds. The third-order valence-corrected chi connectivity index (χ3v) is 4.53. The maximum atomic E-state index is 13.1. The molecule has 6 nitrogen and oxygen atoms in total. The monoisotopic (exact) mass is 381 g/mol. The zero-order valence-electron chi connectivity index (χ0n) is 15.8. The number of rotatable bonds is 8. The molecule has 146 valence electrons. The molecule has 0 atom stereocenters. The molecule has 1 N–H and O–H groups in total. The Morgan fingerprint density at radius 3 is 2.68 bits per heavy atom. The Kier molecular flexibility index (Phi) is 6.32. The van der Waals surface area contributed by atoms with Crippen LogP contribution in [0.25, 0.3) is 6.08 Å². The molecule has 3 rings (SSSR count). The first-order valence-corrected chi connectivity index (χ1v) is 9.13. The number of carboxylic acids is 1. The first-order valence-electron chi connectivity index (χ1n) is 9.13. The summed E-state index contributed by atoms with van der Waals surface area (Å²) in [6, 6.07) is 15.1. The molecule has 1 aliphatic rings. The van der Waals surface area contributed by atoms with E-state index in [2.05, 4.69) is 0 Å². The molecular formula is C22H23NO5. The van der Waals surface area contributed by atoms with E-state index in [0.29, 0.717) is 36.6 Å². The highest BCUT2D eigenvalue weighted by Crippen LogP contribution is 2.30.